The molecule has 1 aliphatic carbocycles. The summed E-state index contributed by atoms with van der Waals surface area (Å²) in [5.74, 6) is -4.25. The number of carbonyl (C=O) groups is 3. The van der Waals surface area contributed by atoms with Crippen molar-refractivity contribution in [1.29, 1.82) is 0 Å². The molecule has 26 heavy (non-hydrogen) atoms. The van der Waals surface area contributed by atoms with E-state index in [1.54, 1.807) is 6.92 Å². The van der Waals surface area contributed by atoms with Gasteiger partial charge in [-0.25, -0.2) is 9.67 Å². The zero-order valence-corrected chi connectivity index (χ0v) is 13.7. The molecule has 0 saturated heterocycles. The van der Waals surface area contributed by atoms with Crippen LogP contribution in [-0.4, -0.2) is 32.1 Å². The highest BCUT2D eigenvalue weighted by atomic mass is 19.4. The van der Waals surface area contributed by atoms with Gasteiger partial charge in [-0.1, -0.05) is 6.92 Å². The Labute approximate surface area is 146 Å². The molecule has 1 aliphatic rings. The van der Waals surface area contributed by atoms with Crippen LogP contribution in [0, 0.1) is 11.8 Å². The number of hydrogen-bond donors (Lipinski definition) is 0. The molecule has 2 aromatic rings. The monoisotopic (exact) mass is 365 g/mol. The van der Waals surface area contributed by atoms with Crippen LogP contribution in [0.1, 0.15) is 35.7 Å². The maximum Gasteiger partial charge on any atom is 0.417 e. The van der Waals surface area contributed by atoms with E-state index in [9.17, 15) is 27.6 Å². The Kier molecular flexibility index (Phi) is 4.47. The highest BCUT2D eigenvalue weighted by molar-refractivity contribution is 6.25. The van der Waals surface area contributed by atoms with Gasteiger partial charge in [-0.15, -0.1) is 0 Å². The molecule has 0 spiro atoms. The number of aromatic nitrogens is 3. The van der Waals surface area contributed by atoms with Gasteiger partial charge < -0.3 is 0 Å². The maximum absolute atomic E-state index is 13.5. The second-order valence-corrected chi connectivity index (χ2v) is 6.31. The van der Waals surface area contributed by atoms with Gasteiger partial charge in [-0.05, 0) is 24.1 Å². The molecule has 9 heteroatoms. The van der Waals surface area contributed by atoms with Gasteiger partial charge in [0.2, 0.25) is 0 Å². The number of carbonyl (C=O) groups excluding carboxylic acids is 3. The molecule has 1 saturated carbocycles. The average molecular weight is 365 g/mol. The van der Waals surface area contributed by atoms with E-state index in [-0.39, 0.29) is 24.4 Å². The second-order valence-electron chi connectivity index (χ2n) is 6.31. The molecule has 136 valence electrons. The predicted octanol–water partition coefficient (Wildman–Crippen LogP) is 2.65. The Balaban J connectivity index is 2.05. The standard InChI is InChI=1S/C17H14F3N3O3/c1-9-4-13(24)15(14(25)5-9)16(26)11-3-2-10(23-8-21-7-22-23)6-12(11)17(18,19)20/h2-3,6-9,15H,4-5H2,1H3. The van der Waals surface area contributed by atoms with E-state index in [4.69, 9.17) is 0 Å². The zero-order chi connectivity index (χ0) is 19.1. The van der Waals surface area contributed by atoms with Crippen LogP contribution in [0.5, 0.6) is 0 Å². The number of Topliss-reactive ketones (excluding diaryl/α,β-unsaturated/α-hetero) is 3. The Morgan fingerprint density at radius 3 is 2.38 bits per heavy atom. The van der Waals surface area contributed by atoms with Gasteiger partial charge >= 0.3 is 6.18 Å². The van der Waals surface area contributed by atoms with E-state index < -0.39 is 40.6 Å². The van der Waals surface area contributed by atoms with Crippen molar-refractivity contribution in [2.24, 2.45) is 11.8 Å². The minimum Gasteiger partial charge on any atom is -0.298 e. The lowest BCUT2D eigenvalue weighted by atomic mass is 9.76. The van der Waals surface area contributed by atoms with E-state index in [2.05, 4.69) is 10.1 Å². The molecule has 0 amide bonds. The van der Waals surface area contributed by atoms with Gasteiger partial charge in [0, 0.05) is 18.4 Å². The van der Waals surface area contributed by atoms with Crippen molar-refractivity contribution in [3.63, 3.8) is 0 Å². The molecule has 1 aromatic carbocycles. The van der Waals surface area contributed by atoms with E-state index in [0.717, 1.165) is 23.1 Å². The molecule has 0 radical (unpaired) electrons. The van der Waals surface area contributed by atoms with E-state index >= 15 is 0 Å². The molecule has 0 aliphatic heterocycles. The minimum absolute atomic E-state index is 0.000534. The zero-order valence-electron chi connectivity index (χ0n) is 13.7. The number of halogens is 3. The first-order chi connectivity index (χ1) is 12.2. The smallest absolute Gasteiger partial charge is 0.298 e. The lowest BCUT2D eigenvalue weighted by Gasteiger charge is -2.24. The molecule has 1 fully saturated rings. The van der Waals surface area contributed by atoms with Crippen LogP contribution in [0.3, 0.4) is 0 Å². The number of nitrogens with zero attached hydrogens (tertiary/aromatic N) is 3. The highest BCUT2D eigenvalue weighted by Crippen LogP contribution is 2.35. The van der Waals surface area contributed by atoms with Crippen molar-refractivity contribution >= 4 is 17.3 Å². The summed E-state index contributed by atoms with van der Waals surface area (Å²) in [5.41, 5.74) is -1.85. The van der Waals surface area contributed by atoms with Crippen LogP contribution in [0.2, 0.25) is 0 Å². The summed E-state index contributed by atoms with van der Waals surface area (Å²) < 4.78 is 41.6. The van der Waals surface area contributed by atoms with Gasteiger partial charge in [0.1, 0.15) is 18.6 Å². The summed E-state index contributed by atoms with van der Waals surface area (Å²) in [5, 5.41) is 3.75. The first-order valence-corrected chi connectivity index (χ1v) is 7.84. The van der Waals surface area contributed by atoms with Crippen LogP contribution < -0.4 is 0 Å². The molecular weight excluding hydrogens is 351 g/mol. The predicted molar refractivity (Wildman–Crippen MR) is 82.6 cm³/mol. The molecule has 3 rings (SSSR count). The molecule has 0 unspecified atom stereocenters. The Morgan fingerprint density at radius 1 is 1.19 bits per heavy atom. The fourth-order valence-electron chi connectivity index (χ4n) is 3.09. The molecule has 0 N–H and O–H groups in total. The third-order valence-electron chi connectivity index (χ3n) is 4.26. The highest BCUT2D eigenvalue weighted by Gasteiger charge is 2.43. The fourth-order valence-corrected chi connectivity index (χ4v) is 3.09. The quantitative estimate of drug-likeness (QED) is 0.617. The normalized spacial score (nSPS) is 21.1. The van der Waals surface area contributed by atoms with Crippen LogP contribution in [-0.2, 0) is 15.8 Å². The van der Waals surface area contributed by atoms with Crippen LogP contribution in [0.4, 0.5) is 13.2 Å². The number of benzene rings is 1. The first kappa shape index (κ1) is 18.0. The topological polar surface area (TPSA) is 81.9 Å². The van der Waals surface area contributed by atoms with Crippen molar-refractivity contribution in [3.05, 3.63) is 42.0 Å². The van der Waals surface area contributed by atoms with Crippen LogP contribution >= 0.6 is 0 Å². The fraction of sp³-hybridized carbons (Fsp3) is 0.353. The molecule has 1 heterocycles. The summed E-state index contributed by atoms with van der Waals surface area (Å²) in [6.45, 7) is 1.69. The summed E-state index contributed by atoms with van der Waals surface area (Å²) >= 11 is 0. The summed E-state index contributed by atoms with van der Waals surface area (Å²) in [4.78, 5) is 40.5. The Hall–Kier alpha value is -2.84. The molecule has 6 nitrogen and oxygen atoms in total. The van der Waals surface area contributed by atoms with Gasteiger partial charge in [-0.3, -0.25) is 14.4 Å². The van der Waals surface area contributed by atoms with Crippen molar-refractivity contribution in [3.8, 4) is 5.69 Å². The SMILES string of the molecule is CC1CC(=O)C(C(=O)c2ccc(-n3cncn3)cc2C(F)(F)F)C(=O)C1. The van der Waals surface area contributed by atoms with Gasteiger partial charge in [0.25, 0.3) is 0 Å². The van der Waals surface area contributed by atoms with E-state index in [0.29, 0.717) is 0 Å². The van der Waals surface area contributed by atoms with Gasteiger partial charge in [0.05, 0.1) is 11.3 Å². The number of alkyl halides is 3. The van der Waals surface area contributed by atoms with Crippen molar-refractivity contribution in [2.75, 3.05) is 0 Å². The third kappa shape index (κ3) is 3.29. The average Bonchev–Trinajstić information content (AvgIpc) is 3.06. The second kappa shape index (κ2) is 6.47. The number of ketones is 3. The van der Waals surface area contributed by atoms with E-state index in [1.807, 2.05) is 0 Å². The summed E-state index contributed by atoms with van der Waals surface area (Å²) in [6, 6.07) is 2.99. The minimum atomic E-state index is -4.84. The Bertz CT molecular complexity index is 857. The van der Waals surface area contributed by atoms with Crippen molar-refractivity contribution < 1.29 is 27.6 Å². The molecule has 0 bridgehead atoms. The molecular formula is C17H14F3N3O3. The lowest BCUT2D eigenvalue weighted by Crippen LogP contribution is -2.38. The third-order valence-corrected chi connectivity index (χ3v) is 4.26. The number of hydrogen-bond acceptors (Lipinski definition) is 5. The van der Waals surface area contributed by atoms with Crippen LogP contribution in [0.15, 0.2) is 30.9 Å². The van der Waals surface area contributed by atoms with Crippen molar-refractivity contribution in [1.82, 2.24) is 14.8 Å². The first-order valence-electron chi connectivity index (χ1n) is 7.84. The summed E-state index contributed by atoms with van der Waals surface area (Å²) in [7, 11) is 0. The van der Waals surface area contributed by atoms with Gasteiger partial charge in [-0.2, -0.15) is 18.3 Å². The van der Waals surface area contributed by atoms with Crippen molar-refractivity contribution in [2.45, 2.75) is 25.9 Å². The molecule has 0 atom stereocenters. The van der Waals surface area contributed by atoms with E-state index in [1.165, 1.54) is 12.4 Å². The van der Waals surface area contributed by atoms with Crippen LogP contribution in [0.25, 0.3) is 5.69 Å². The molecule has 1 aromatic heterocycles. The lowest BCUT2D eigenvalue weighted by molar-refractivity contribution is -0.139. The summed E-state index contributed by atoms with van der Waals surface area (Å²) in [6.07, 6.45) is -2.46. The number of rotatable bonds is 3. The Morgan fingerprint density at radius 2 is 1.85 bits per heavy atom. The van der Waals surface area contributed by atoms with Gasteiger partial charge in [0.15, 0.2) is 17.3 Å². The maximum atomic E-state index is 13.5. The largest absolute Gasteiger partial charge is 0.417 e.